The lowest BCUT2D eigenvalue weighted by Gasteiger charge is -2.10. The van der Waals surface area contributed by atoms with Gasteiger partial charge in [-0.1, -0.05) is 71.2 Å². The number of para-hydroxylation sites is 2. The average molecular weight is 414 g/mol. The molecule has 0 fully saturated rings. The first-order chi connectivity index (χ1) is 15.7. The van der Waals surface area contributed by atoms with Gasteiger partial charge in [0.15, 0.2) is 0 Å². The van der Waals surface area contributed by atoms with Crippen LogP contribution in [0.4, 0.5) is 4.48 Å². The molecule has 3 heteroatoms. The van der Waals surface area contributed by atoms with E-state index in [-0.39, 0.29) is 0 Å². The number of nitrogens with zero attached hydrogens (tertiary/aromatic N) is 2. The predicted octanol–water partition coefficient (Wildman–Crippen LogP) is 8.09. The molecule has 7 rings (SSSR count). The largest absolute Gasteiger partial charge is 0.309 e. The molecule has 0 saturated carbocycles. The summed E-state index contributed by atoms with van der Waals surface area (Å²) in [6.45, 7) is 2.13. The molecule has 32 heavy (non-hydrogen) atoms. The van der Waals surface area contributed by atoms with Gasteiger partial charge in [0.2, 0.25) is 0 Å². The Morgan fingerprint density at radius 2 is 1.16 bits per heavy atom. The molecule has 0 aliphatic heterocycles. The highest BCUT2D eigenvalue weighted by atomic mass is 19.2. The van der Waals surface area contributed by atoms with E-state index in [1.54, 1.807) is 0 Å². The SMILES string of the molecule is Cc1ccccc1-n1c2ccccc2c2c3c4c5ccccc5ccc4n(F)c3ccc21. The van der Waals surface area contributed by atoms with Gasteiger partial charge in [0.05, 0.1) is 22.1 Å². The minimum atomic E-state index is 0.608. The van der Waals surface area contributed by atoms with Crippen LogP contribution in [0, 0.1) is 6.92 Å². The maximum Gasteiger partial charge on any atom is 0.0834 e. The van der Waals surface area contributed by atoms with Crippen LogP contribution >= 0.6 is 0 Å². The zero-order valence-electron chi connectivity index (χ0n) is 17.5. The molecule has 0 atom stereocenters. The molecule has 5 aromatic carbocycles. The molecular weight excluding hydrogens is 395 g/mol. The van der Waals surface area contributed by atoms with Gasteiger partial charge in [-0.25, -0.2) is 0 Å². The minimum absolute atomic E-state index is 0.608. The summed E-state index contributed by atoms with van der Waals surface area (Å²) in [6, 6.07) is 33.0. The Kier molecular flexibility index (Phi) is 3.41. The number of fused-ring (bicyclic) bond motifs is 9. The first-order valence-corrected chi connectivity index (χ1v) is 10.8. The molecule has 2 nitrogen and oxygen atoms in total. The average Bonchev–Trinajstić information content (AvgIpc) is 3.32. The van der Waals surface area contributed by atoms with Crippen LogP contribution in [-0.4, -0.2) is 9.36 Å². The minimum Gasteiger partial charge on any atom is -0.309 e. The number of aromatic nitrogens is 2. The maximum atomic E-state index is 15.6. The Balaban J connectivity index is 1.81. The summed E-state index contributed by atoms with van der Waals surface area (Å²) in [4.78, 5) is 0.844. The number of hydrogen-bond acceptors (Lipinski definition) is 0. The Hall–Kier alpha value is -4.11. The lowest BCUT2D eigenvalue weighted by Crippen LogP contribution is -1.96. The van der Waals surface area contributed by atoms with Crippen molar-refractivity contribution in [1.29, 1.82) is 0 Å². The highest BCUT2D eigenvalue weighted by Crippen LogP contribution is 2.43. The Labute approximate surface area is 183 Å². The van der Waals surface area contributed by atoms with Crippen molar-refractivity contribution < 1.29 is 4.48 Å². The van der Waals surface area contributed by atoms with Crippen LogP contribution < -0.4 is 0 Å². The van der Waals surface area contributed by atoms with Crippen LogP contribution in [0.25, 0.3) is 60.1 Å². The summed E-state index contributed by atoms with van der Waals surface area (Å²) in [5.74, 6) is 0. The van der Waals surface area contributed by atoms with Crippen LogP contribution in [0.1, 0.15) is 5.56 Å². The van der Waals surface area contributed by atoms with Crippen molar-refractivity contribution >= 4 is 54.4 Å². The van der Waals surface area contributed by atoms with Gasteiger partial charge in [-0.05, 0) is 53.6 Å². The lowest BCUT2D eigenvalue weighted by molar-refractivity contribution is 0.405. The van der Waals surface area contributed by atoms with Gasteiger partial charge in [-0.2, -0.15) is 4.79 Å². The molecule has 152 valence electrons. The molecule has 0 N–H and O–H groups in total. The number of rotatable bonds is 1. The zero-order valence-corrected chi connectivity index (χ0v) is 17.5. The van der Waals surface area contributed by atoms with Crippen LogP contribution in [0.2, 0.25) is 0 Å². The van der Waals surface area contributed by atoms with Crippen molar-refractivity contribution in [1.82, 2.24) is 9.36 Å². The van der Waals surface area contributed by atoms with Gasteiger partial charge in [0.1, 0.15) is 0 Å². The third kappa shape index (κ3) is 2.12. The molecule has 2 heterocycles. The van der Waals surface area contributed by atoms with Crippen LogP contribution in [0.5, 0.6) is 0 Å². The van der Waals surface area contributed by atoms with E-state index >= 15 is 4.48 Å². The second kappa shape index (κ2) is 6.21. The Morgan fingerprint density at radius 1 is 0.531 bits per heavy atom. The molecule has 0 aliphatic carbocycles. The second-order valence-corrected chi connectivity index (χ2v) is 8.45. The van der Waals surface area contributed by atoms with Crippen molar-refractivity contribution in [2.24, 2.45) is 0 Å². The summed E-state index contributed by atoms with van der Waals surface area (Å²) in [5.41, 5.74) is 5.79. The smallest absolute Gasteiger partial charge is 0.0834 e. The summed E-state index contributed by atoms with van der Waals surface area (Å²) in [6.07, 6.45) is 0. The topological polar surface area (TPSA) is 9.86 Å². The van der Waals surface area contributed by atoms with E-state index in [4.69, 9.17) is 0 Å². The monoisotopic (exact) mass is 414 g/mol. The molecular formula is C29H19FN2. The highest BCUT2D eigenvalue weighted by molar-refractivity contribution is 6.32. The Morgan fingerprint density at radius 3 is 2.03 bits per heavy atom. The van der Waals surface area contributed by atoms with E-state index in [1.165, 1.54) is 5.56 Å². The number of halogens is 1. The van der Waals surface area contributed by atoms with Crippen molar-refractivity contribution in [3.05, 3.63) is 103 Å². The molecule has 0 aliphatic rings. The van der Waals surface area contributed by atoms with Gasteiger partial charge >= 0.3 is 0 Å². The third-order valence-electron chi connectivity index (χ3n) is 6.75. The maximum absolute atomic E-state index is 15.6. The van der Waals surface area contributed by atoms with E-state index in [2.05, 4.69) is 78.2 Å². The standard InChI is InChI=1S/C29H19FN2/c1-18-8-2-6-12-22(18)31-23-13-7-5-11-21(23)28-24(31)16-17-26-29(28)27-20-10-4-3-9-19(20)14-15-25(27)32(26)30/h2-17H,1H3. The first-order valence-electron chi connectivity index (χ1n) is 10.8. The highest BCUT2D eigenvalue weighted by Gasteiger charge is 2.21. The van der Waals surface area contributed by atoms with E-state index in [0.717, 1.165) is 53.8 Å². The lowest BCUT2D eigenvalue weighted by atomic mass is 10.0. The van der Waals surface area contributed by atoms with Gasteiger partial charge in [-0.3, -0.25) is 0 Å². The van der Waals surface area contributed by atoms with Crippen molar-refractivity contribution in [2.45, 2.75) is 6.92 Å². The number of aryl methyl sites for hydroxylation is 1. The quantitative estimate of drug-likeness (QED) is 0.257. The number of hydrogen-bond donors (Lipinski definition) is 0. The van der Waals surface area contributed by atoms with Gasteiger partial charge in [0, 0.05) is 27.2 Å². The fourth-order valence-corrected chi connectivity index (χ4v) is 5.36. The molecule has 2 aromatic heterocycles. The van der Waals surface area contributed by atoms with E-state index in [0.29, 0.717) is 11.0 Å². The van der Waals surface area contributed by atoms with E-state index in [1.807, 2.05) is 30.3 Å². The molecule has 0 unspecified atom stereocenters. The molecule has 0 spiro atoms. The summed E-state index contributed by atoms with van der Waals surface area (Å²) in [7, 11) is 0. The van der Waals surface area contributed by atoms with Crippen LogP contribution in [-0.2, 0) is 0 Å². The number of benzene rings is 5. The van der Waals surface area contributed by atoms with Crippen molar-refractivity contribution in [3.8, 4) is 5.69 Å². The summed E-state index contributed by atoms with van der Waals surface area (Å²) >= 11 is 0. The molecule has 0 radical (unpaired) electrons. The fourth-order valence-electron chi connectivity index (χ4n) is 5.36. The van der Waals surface area contributed by atoms with Crippen LogP contribution in [0.15, 0.2) is 97.1 Å². The summed E-state index contributed by atoms with van der Waals surface area (Å²) < 4.78 is 17.9. The van der Waals surface area contributed by atoms with Gasteiger partial charge < -0.3 is 4.57 Å². The predicted molar refractivity (Wildman–Crippen MR) is 133 cm³/mol. The van der Waals surface area contributed by atoms with Gasteiger partial charge in [0.25, 0.3) is 0 Å². The van der Waals surface area contributed by atoms with Crippen LogP contribution in [0.3, 0.4) is 0 Å². The van der Waals surface area contributed by atoms with Crippen molar-refractivity contribution in [2.75, 3.05) is 0 Å². The zero-order chi connectivity index (χ0) is 21.4. The fraction of sp³-hybridized carbons (Fsp3) is 0.0345. The Bertz CT molecular complexity index is 1850. The molecule has 0 saturated heterocycles. The van der Waals surface area contributed by atoms with Crippen molar-refractivity contribution in [3.63, 3.8) is 0 Å². The normalized spacial score (nSPS) is 12.1. The van der Waals surface area contributed by atoms with E-state index < -0.39 is 0 Å². The third-order valence-corrected chi connectivity index (χ3v) is 6.75. The summed E-state index contributed by atoms with van der Waals surface area (Å²) in [5, 5.41) is 6.37. The molecule has 0 amide bonds. The van der Waals surface area contributed by atoms with E-state index in [9.17, 15) is 0 Å². The molecule has 7 aromatic rings. The first kappa shape index (κ1) is 17.6. The second-order valence-electron chi connectivity index (χ2n) is 8.45. The van der Waals surface area contributed by atoms with Gasteiger partial charge in [-0.15, -0.1) is 0 Å². The molecule has 0 bridgehead atoms.